The topological polar surface area (TPSA) is 20.2 Å². The highest BCUT2D eigenvalue weighted by molar-refractivity contribution is 9.10. The molecule has 1 aromatic carbocycles. The van der Waals surface area contributed by atoms with Gasteiger partial charge in [0.1, 0.15) is 12.4 Å². The highest BCUT2D eigenvalue weighted by Crippen LogP contribution is 2.17. The van der Waals surface area contributed by atoms with Crippen molar-refractivity contribution in [2.75, 3.05) is 0 Å². The number of hydrogen-bond donors (Lipinski definition) is 1. The Balaban J connectivity index is 3.09. The fourth-order valence-corrected chi connectivity index (χ4v) is 0.963. The molecule has 1 N–H and O–H groups in total. The average Bonchev–Trinajstić information content (AvgIpc) is 1.94. The lowest BCUT2D eigenvalue weighted by Gasteiger charge is -1.97. The molecule has 0 saturated carbocycles. The first-order valence-corrected chi connectivity index (χ1v) is 3.46. The predicted octanol–water partition coefficient (Wildman–Crippen LogP) is 2.47. The van der Waals surface area contributed by atoms with Crippen LogP contribution in [0.2, 0.25) is 0 Å². The van der Waals surface area contributed by atoms with Crippen LogP contribution in [0.25, 0.3) is 0 Å². The molecule has 53 valence electrons. The third kappa shape index (κ3) is 1.55. The first-order chi connectivity index (χ1) is 4.74. The summed E-state index contributed by atoms with van der Waals surface area (Å²) in [7, 11) is 0. The molecule has 10 heavy (non-hydrogen) atoms. The molecule has 3 heteroatoms. The Morgan fingerprint density at radius 1 is 1.50 bits per heavy atom. The predicted molar refractivity (Wildman–Crippen MR) is 39.4 cm³/mol. The number of rotatable bonds is 1. The molecule has 0 aliphatic heterocycles. The second kappa shape index (κ2) is 3.12. The lowest BCUT2D eigenvalue weighted by Crippen LogP contribution is -1.83. The molecular formula is C7H5BrFO. The molecule has 0 bridgehead atoms. The van der Waals surface area contributed by atoms with E-state index in [1.165, 1.54) is 18.2 Å². The van der Waals surface area contributed by atoms with Gasteiger partial charge in [-0.15, -0.1) is 0 Å². The molecule has 0 saturated heterocycles. The second-order valence-electron chi connectivity index (χ2n) is 1.79. The van der Waals surface area contributed by atoms with Crippen molar-refractivity contribution in [3.63, 3.8) is 0 Å². The van der Waals surface area contributed by atoms with Gasteiger partial charge in [0.25, 0.3) is 0 Å². The van der Waals surface area contributed by atoms with Crippen molar-refractivity contribution in [1.29, 1.82) is 0 Å². The van der Waals surface area contributed by atoms with Crippen molar-refractivity contribution in [2.45, 2.75) is 0 Å². The minimum Gasteiger partial charge on any atom is -0.385 e. The number of hydrogen-bond acceptors (Lipinski definition) is 1. The first-order valence-electron chi connectivity index (χ1n) is 2.66. The molecule has 0 fully saturated rings. The van der Waals surface area contributed by atoms with Crippen LogP contribution in [0, 0.1) is 12.4 Å². The van der Waals surface area contributed by atoms with Gasteiger partial charge >= 0.3 is 0 Å². The van der Waals surface area contributed by atoms with E-state index in [0.29, 0.717) is 10.0 Å². The Morgan fingerprint density at radius 3 is 2.70 bits per heavy atom. The molecule has 0 aliphatic rings. The summed E-state index contributed by atoms with van der Waals surface area (Å²) < 4.78 is 13.1. The molecular weight excluding hydrogens is 199 g/mol. The maximum atomic E-state index is 12.4. The zero-order valence-electron chi connectivity index (χ0n) is 5.01. The Labute approximate surface area is 66.6 Å². The summed E-state index contributed by atoms with van der Waals surface area (Å²) in [6.45, 7) is 0.854. The first kappa shape index (κ1) is 7.69. The van der Waals surface area contributed by atoms with Crippen LogP contribution in [0.1, 0.15) is 5.56 Å². The minimum atomic E-state index is -0.358. The summed E-state index contributed by atoms with van der Waals surface area (Å²) in [4.78, 5) is 0. The van der Waals surface area contributed by atoms with Gasteiger partial charge < -0.3 is 5.11 Å². The summed E-state index contributed by atoms with van der Waals surface area (Å²) in [5, 5.41) is 8.52. The Kier molecular flexibility index (Phi) is 2.40. The van der Waals surface area contributed by atoms with Gasteiger partial charge in [0.15, 0.2) is 0 Å². The minimum absolute atomic E-state index is 0.358. The van der Waals surface area contributed by atoms with E-state index in [9.17, 15) is 4.39 Å². The Hall–Kier alpha value is -0.410. The quantitative estimate of drug-likeness (QED) is 0.744. The molecule has 0 amide bonds. The summed E-state index contributed by atoms with van der Waals surface area (Å²) in [6, 6.07) is 4.10. The number of aliphatic hydroxyl groups excluding tert-OH is 1. The monoisotopic (exact) mass is 203 g/mol. The van der Waals surface area contributed by atoms with Crippen molar-refractivity contribution in [2.24, 2.45) is 0 Å². The SMILES string of the molecule is O[CH]c1cc(F)ccc1Br. The standard InChI is InChI=1S/C7H5BrFO/c8-7-2-1-6(9)3-5(7)4-10/h1-4,10H. The van der Waals surface area contributed by atoms with Crippen LogP contribution in [-0.4, -0.2) is 5.11 Å². The van der Waals surface area contributed by atoms with E-state index in [0.717, 1.165) is 6.61 Å². The van der Waals surface area contributed by atoms with Gasteiger partial charge in [0, 0.05) is 10.0 Å². The Morgan fingerprint density at radius 2 is 2.20 bits per heavy atom. The van der Waals surface area contributed by atoms with Gasteiger partial charge in [0.05, 0.1) is 0 Å². The van der Waals surface area contributed by atoms with Gasteiger partial charge in [-0.1, -0.05) is 15.9 Å². The van der Waals surface area contributed by atoms with Gasteiger partial charge in [0.2, 0.25) is 0 Å². The van der Waals surface area contributed by atoms with E-state index in [4.69, 9.17) is 5.11 Å². The lowest BCUT2D eigenvalue weighted by atomic mass is 10.2. The number of benzene rings is 1. The highest BCUT2D eigenvalue weighted by atomic mass is 79.9. The zero-order chi connectivity index (χ0) is 7.56. The third-order valence-corrected chi connectivity index (χ3v) is 1.82. The van der Waals surface area contributed by atoms with Crippen LogP contribution in [0.3, 0.4) is 0 Å². The van der Waals surface area contributed by atoms with E-state index in [1.807, 2.05) is 0 Å². The Bertz CT molecular complexity index is 237. The summed E-state index contributed by atoms with van der Waals surface area (Å²) in [5.41, 5.74) is 0.444. The molecule has 0 aromatic heterocycles. The summed E-state index contributed by atoms with van der Waals surface area (Å²) in [6.07, 6.45) is 0. The van der Waals surface area contributed by atoms with E-state index in [-0.39, 0.29) is 5.82 Å². The molecule has 0 unspecified atom stereocenters. The van der Waals surface area contributed by atoms with Gasteiger partial charge in [-0.25, -0.2) is 4.39 Å². The van der Waals surface area contributed by atoms with Gasteiger partial charge in [-0.2, -0.15) is 0 Å². The molecule has 1 nitrogen and oxygen atoms in total. The fourth-order valence-electron chi connectivity index (χ4n) is 0.614. The maximum absolute atomic E-state index is 12.4. The van der Waals surface area contributed by atoms with Crippen LogP contribution < -0.4 is 0 Å². The fraction of sp³-hybridized carbons (Fsp3) is 0. The van der Waals surface area contributed by atoms with Crippen molar-refractivity contribution in [3.8, 4) is 0 Å². The van der Waals surface area contributed by atoms with Crippen molar-refractivity contribution in [3.05, 3.63) is 40.7 Å². The largest absolute Gasteiger partial charge is 0.385 e. The van der Waals surface area contributed by atoms with Gasteiger partial charge in [-0.3, -0.25) is 0 Å². The molecule has 0 aliphatic carbocycles. The molecule has 1 rings (SSSR count). The number of aliphatic hydroxyl groups is 1. The average molecular weight is 204 g/mol. The van der Waals surface area contributed by atoms with E-state index >= 15 is 0 Å². The molecule has 0 heterocycles. The normalized spacial score (nSPS) is 9.90. The molecule has 1 aromatic rings. The van der Waals surface area contributed by atoms with Crippen LogP contribution in [0.15, 0.2) is 22.7 Å². The summed E-state index contributed by atoms with van der Waals surface area (Å²) >= 11 is 3.13. The van der Waals surface area contributed by atoms with E-state index in [2.05, 4.69) is 15.9 Å². The molecule has 1 radical (unpaired) electrons. The van der Waals surface area contributed by atoms with Crippen molar-refractivity contribution >= 4 is 15.9 Å². The summed E-state index contributed by atoms with van der Waals surface area (Å²) in [5.74, 6) is -0.358. The number of halogens is 2. The molecule has 0 atom stereocenters. The zero-order valence-corrected chi connectivity index (χ0v) is 6.60. The highest BCUT2D eigenvalue weighted by Gasteiger charge is 1.98. The van der Waals surface area contributed by atoms with Crippen molar-refractivity contribution < 1.29 is 9.50 Å². The smallest absolute Gasteiger partial charge is 0.123 e. The lowest BCUT2D eigenvalue weighted by molar-refractivity contribution is 0.413. The van der Waals surface area contributed by atoms with Crippen LogP contribution in [0.4, 0.5) is 4.39 Å². The maximum Gasteiger partial charge on any atom is 0.123 e. The van der Waals surface area contributed by atoms with Crippen LogP contribution >= 0.6 is 15.9 Å². The van der Waals surface area contributed by atoms with Crippen LogP contribution in [0.5, 0.6) is 0 Å². The van der Waals surface area contributed by atoms with E-state index < -0.39 is 0 Å². The second-order valence-corrected chi connectivity index (χ2v) is 2.65. The van der Waals surface area contributed by atoms with Gasteiger partial charge in [-0.05, 0) is 18.2 Å². The van der Waals surface area contributed by atoms with Crippen LogP contribution in [-0.2, 0) is 0 Å². The third-order valence-electron chi connectivity index (χ3n) is 1.10. The van der Waals surface area contributed by atoms with E-state index in [1.54, 1.807) is 0 Å². The van der Waals surface area contributed by atoms with Crippen molar-refractivity contribution in [1.82, 2.24) is 0 Å². The molecule has 0 spiro atoms.